The number of carbonyl (C=O) groups is 1. The Labute approximate surface area is 157 Å². The summed E-state index contributed by atoms with van der Waals surface area (Å²) in [5, 5.41) is 6.59. The number of halogens is 1. The number of rotatable bonds is 4. The Kier molecular flexibility index (Phi) is 5.19. The molecule has 0 aliphatic rings. The molecular weight excluding hydrogens is 348 g/mol. The summed E-state index contributed by atoms with van der Waals surface area (Å²) in [4.78, 5) is 21.2. The molecule has 0 radical (unpaired) electrons. The molecule has 0 aliphatic carbocycles. The molecule has 2 aromatic carbocycles. The van der Waals surface area contributed by atoms with Crippen molar-refractivity contribution in [2.24, 2.45) is 0 Å². The van der Waals surface area contributed by atoms with Crippen LogP contribution in [-0.4, -0.2) is 15.9 Å². The first-order chi connectivity index (χ1) is 12.4. The molecule has 26 heavy (non-hydrogen) atoms. The van der Waals surface area contributed by atoms with E-state index < -0.39 is 0 Å². The predicted octanol–water partition coefficient (Wildman–Crippen LogP) is 5.05. The number of nitrogens with zero attached hydrogens (tertiary/aromatic N) is 2. The number of amides is 1. The third-order valence-corrected chi connectivity index (χ3v) is 4.23. The van der Waals surface area contributed by atoms with Gasteiger partial charge in [-0.2, -0.15) is 0 Å². The van der Waals surface area contributed by atoms with E-state index in [1.54, 1.807) is 12.1 Å². The fourth-order valence-electron chi connectivity index (χ4n) is 2.37. The van der Waals surface area contributed by atoms with Crippen LogP contribution in [0.15, 0.2) is 48.5 Å². The summed E-state index contributed by atoms with van der Waals surface area (Å²) in [6, 6.07) is 14.8. The highest BCUT2D eigenvalue weighted by molar-refractivity contribution is 6.31. The van der Waals surface area contributed by atoms with Gasteiger partial charge in [0.25, 0.3) is 5.91 Å². The Bertz CT molecular complexity index is 955. The van der Waals surface area contributed by atoms with Gasteiger partial charge in [0.15, 0.2) is 0 Å². The first-order valence-electron chi connectivity index (χ1n) is 8.17. The van der Waals surface area contributed by atoms with Crippen molar-refractivity contribution in [2.75, 3.05) is 10.6 Å². The lowest BCUT2D eigenvalue weighted by atomic mass is 10.2. The van der Waals surface area contributed by atoms with Gasteiger partial charge in [0.2, 0.25) is 5.95 Å². The molecule has 1 amide bonds. The van der Waals surface area contributed by atoms with E-state index >= 15 is 0 Å². The fraction of sp³-hybridized carbons (Fsp3) is 0.150. The molecule has 1 aromatic heterocycles. The van der Waals surface area contributed by atoms with Crippen LogP contribution in [0.4, 0.5) is 17.3 Å². The van der Waals surface area contributed by atoms with Gasteiger partial charge in [-0.25, -0.2) is 9.97 Å². The maximum Gasteiger partial charge on any atom is 0.274 e. The minimum Gasteiger partial charge on any atom is -0.324 e. The van der Waals surface area contributed by atoms with E-state index in [2.05, 4.69) is 20.6 Å². The van der Waals surface area contributed by atoms with Crippen LogP contribution in [0.5, 0.6) is 0 Å². The van der Waals surface area contributed by atoms with Gasteiger partial charge in [0.05, 0.1) is 0 Å². The normalized spacial score (nSPS) is 10.5. The molecule has 0 saturated heterocycles. The van der Waals surface area contributed by atoms with Crippen LogP contribution in [0, 0.1) is 20.8 Å². The number of aryl methyl sites for hydroxylation is 3. The summed E-state index contributed by atoms with van der Waals surface area (Å²) < 4.78 is 0. The van der Waals surface area contributed by atoms with E-state index in [1.165, 1.54) is 0 Å². The van der Waals surface area contributed by atoms with Gasteiger partial charge in [0, 0.05) is 22.1 Å². The maximum atomic E-state index is 12.5. The van der Waals surface area contributed by atoms with Crippen molar-refractivity contribution < 1.29 is 4.79 Å². The number of hydrogen-bond acceptors (Lipinski definition) is 4. The average Bonchev–Trinajstić information content (AvgIpc) is 2.59. The Morgan fingerprint density at radius 2 is 1.62 bits per heavy atom. The molecule has 0 unspecified atom stereocenters. The topological polar surface area (TPSA) is 66.9 Å². The highest BCUT2D eigenvalue weighted by Gasteiger charge is 2.11. The van der Waals surface area contributed by atoms with Crippen LogP contribution >= 0.6 is 11.6 Å². The molecule has 0 spiro atoms. The van der Waals surface area contributed by atoms with Gasteiger partial charge in [-0.05, 0) is 56.7 Å². The van der Waals surface area contributed by atoms with Gasteiger partial charge < -0.3 is 10.6 Å². The van der Waals surface area contributed by atoms with Gasteiger partial charge in [0.1, 0.15) is 5.69 Å². The highest BCUT2D eigenvalue weighted by Crippen LogP contribution is 2.22. The van der Waals surface area contributed by atoms with Gasteiger partial charge in [-0.15, -0.1) is 0 Å². The monoisotopic (exact) mass is 366 g/mol. The molecule has 1 heterocycles. The number of aromatic nitrogens is 2. The van der Waals surface area contributed by atoms with Crippen LogP contribution in [0.2, 0.25) is 5.02 Å². The lowest BCUT2D eigenvalue weighted by Gasteiger charge is -2.10. The Hall–Kier alpha value is -2.92. The molecule has 3 aromatic rings. The highest BCUT2D eigenvalue weighted by atomic mass is 35.5. The molecule has 0 fully saturated rings. The summed E-state index contributed by atoms with van der Waals surface area (Å²) in [6.07, 6.45) is 0. The molecule has 6 heteroatoms. The Morgan fingerprint density at radius 1 is 0.923 bits per heavy atom. The van der Waals surface area contributed by atoms with Crippen molar-refractivity contribution in [3.8, 4) is 0 Å². The van der Waals surface area contributed by atoms with E-state index in [-0.39, 0.29) is 5.91 Å². The predicted molar refractivity (Wildman–Crippen MR) is 105 cm³/mol. The Balaban J connectivity index is 1.81. The molecule has 0 atom stereocenters. The van der Waals surface area contributed by atoms with E-state index in [4.69, 9.17) is 11.6 Å². The second-order valence-electron chi connectivity index (χ2n) is 6.13. The van der Waals surface area contributed by atoms with Crippen molar-refractivity contribution in [3.63, 3.8) is 0 Å². The first-order valence-corrected chi connectivity index (χ1v) is 8.55. The van der Waals surface area contributed by atoms with Crippen molar-refractivity contribution in [3.05, 3.63) is 76.1 Å². The van der Waals surface area contributed by atoms with E-state index in [0.717, 1.165) is 22.5 Å². The molecule has 2 N–H and O–H groups in total. The average molecular weight is 367 g/mol. The summed E-state index contributed by atoms with van der Waals surface area (Å²) in [7, 11) is 0. The fourth-order valence-corrected chi connectivity index (χ4v) is 2.55. The van der Waals surface area contributed by atoms with Crippen molar-refractivity contribution >= 4 is 34.8 Å². The molecule has 3 rings (SSSR count). The second-order valence-corrected chi connectivity index (χ2v) is 6.53. The third-order valence-electron chi connectivity index (χ3n) is 3.82. The lowest BCUT2D eigenvalue weighted by molar-refractivity contribution is 0.102. The third kappa shape index (κ3) is 4.37. The number of hydrogen-bond donors (Lipinski definition) is 2. The zero-order valence-corrected chi connectivity index (χ0v) is 15.6. The summed E-state index contributed by atoms with van der Waals surface area (Å²) in [5.41, 5.74) is 4.57. The van der Waals surface area contributed by atoms with Gasteiger partial charge in [-0.1, -0.05) is 35.4 Å². The number of carbonyl (C=O) groups excluding carboxylic acids is 1. The minimum absolute atomic E-state index is 0.288. The Morgan fingerprint density at radius 3 is 2.31 bits per heavy atom. The first kappa shape index (κ1) is 17.9. The molecule has 0 bridgehead atoms. The van der Waals surface area contributed by atoms with E-state index in [0.29, 0.717) is 22.4 Å². The molecular formula is C20H19ClN4O. The molecule has 5 nitrogen and oxygen atoms in total. The van der Waals surface area contributed by atoms with E-state index in [1.807, 2.05) is 57.2 Å². The smallest absolute Gasteiger partial charge is 0.274 e. The molecule has 0 aliphatic heterocycles. The summed E-state index contributed by atoms with van der Waals surface area (Å²) >= 11 is 6.15. The maximum absolute atomic E-state index is 12.5. The minimum atomic E-state index is -0.288. The SMILES string of the molecule is Cc1ccc(NC(=O)c2cc(C)nc(Nc3ccc(C)c(Cl)c3)n2)cc1. The standard InChI is InChI=1S/C20H19ClN4O/c1-12-4-7-15(8-5-12)23-19(26)18-10-14(3)22-20(25-18)24-16-9-6-13(2)17(21)11-16/h4-11H,1-3H3,(H,23,26)(H,22,24,25). The zero-order valence-electron chi connectivity index (χ0n) is 14.8. The van der Waals surface area contributed by atoms with Crippen molar-refractivity contribution in [2.45, 2.75) is 20.8 Å². The van der Waals surface area contributed by atoms with Gasteiger partial charge >= 0.3 is 0 Å². The largest absolute Gasteiger partial charge is 0.324 e. The van der Waals surface area contributed by atoms with Crippen LogP contribution in [0.3, 0.4) is 0 Å². The van der Waals surface area contributed by atoms with Crippen molar-refractivity contribution in [1.82, 2.24) is 9.97 Å². The lowest BCUT2D eigenvalue weighted by Crippen LogP contribution is -2.15. The number of anilines is 3. The van der Waals surface area contributed by atoms with Crippen LogP contribution in [0.25, 0.3) is 0 Å². The van der Waals surface area contributed by atoms with Gasteiger partial charge in [-0.3, -0.25) is 4.79 Å². The second kappa shape index (κ2) is 7.54. The zero-order chi connectivity index (χ0) is 18.7. The summed E-state index contributed by atoms with van der Waals surface area (Å²) in [5.74, 6) is 0.0586. The number of benzene rings is 2. The van der Waals surface area contributed by atoms with Crippen LogP contribution in [-0.2, 0) is 0 Å². The van der Waals surface area contributed by atoms with Crippen LogP contribution in [0.1, 0.15) is 27.3 Å². The van der Waals surface area contributed by atoms with Crippen molar-refractivity contribution in [1.29, 1.82) is 0 Å². The quantitative estimate of drug-likeness (QED) is 0.678. The molecule has 132 valence electrons. The van der Waals surface area contributed by atoms with Crippen LogP contribution < -0.4 is 10.6 Å². The van der Waals surface area contributed by atoms with E-state index in [9.17, 15) is 4.79 Å². The summed E-state index contributed by atoms with van der Waals surface area (Å²) in [6.45, 7) is 5.75. The molecule has 0 saturated carbocycles. The number of nitrogens with one attached hydrogen (secondary N) is 2.